The SMILES string of the molecule is Cc1cc(CS)c(C)c(C)c1O. The van der Waals surface area contributed by atoms with E-state index in [1.807, 2.05) is 26.8 Å². The molecule has 2 heteroatoms. The molecule has 1 N–H and O–H groups in total. The summed E-state index contributed by atoms with van der Waals surface area (Å²) in [6.45, 7) is 5.86. The monoisotopic (exact) mass is 182 g/mol. The van der Waals surface area contributed by atoms with E-state index in [1.54, 1.807) is 0 Å². The van der Waals surface area contributed by atoms with Crippen LogP contribution in [-0.2, 0) is 5.75 Å². The quantitative estimate of drug-likeness (QED) is 0.640. The lowest BCUT2D eigenvalue weighted by atomic mass is 10.00. The lowest BCUT2D eigenvalue weighted by molar-refractivity contribution is 0.466. The Hall–Kier alpha value is -0.630. The number of rotatable bonds is 1. The first kappa shape index (κ1) is 9.46. The third kappa shape index (κ3) is 1.44. The summed E-state index contributed by atoms with van der Waals surface area (Å²) in [6, 6.07) is 1.99. The number of phenolic OH excluding ortho intramolecular Hbond substituents is 1. The van der Waals surface area contributed by atoms with E-state index < -0.39 is 0 Å². The van der Waals surface area contributed by atoms with Gasteiger partial charge in [-0.3, -0.25) is 0 Å². The van der Waals surface area contributed by atoms with Crippen LogP contribution in [0.2, 0.25) is 0 Å². The van der Waals surface area contributed by atoms with E-state index >= 15 is 0 Å². The van der Waals surface area contributed by atoms with Gasteiger partial charge in [0.15, 0.2) is 0 Å². The van der Waals surface area contributed by atoms with E-state index in [9.17, 15) is 5.11 Å². The summed E-state index contributed by atoms with van der Waals surface area (Å²) in [6.07, 6.45) is 0. The molecule has 0 aliphatic rings. The average Bonchev–Trinajstić information content (AvgIpc) is 2.08. The standard InChI is InChI=1S/C10H14OS/c1-6-4-9(5-12)7(2)8(3)10(6)11/h4,11-12H,5H2,1-3H3. The fourth-order valence-corrected chi connectivity index (χ4v) is 1.64. The molecule has 0 unspecified atom stereocenters. The molecule has 66 valence electrons. The number of thiol groups is 1. The van der Waals surface area contributed by atoms with Gasteiger partial charge in [0.05, 0.1) is 0 Å². The van der Waals surface area contributed by atoms with Gasteiger partial charge in [0.1, 0.15) is 5.75 Å². The molecule has 12 heavy (non-hydrogen) atoms. The highest BCUT2D eigenvalue weighted by Gasteiger charge is 2.07. The number of phenols is 1. The second-order valence-electron chi connectivity index (χ2n) is 3.11. The van der Waals surface area contributed by atoms with Crippen molar-refractivity contribution >= 4 is 12.6 Å². The molecule has 1 aromatic carbocycles. The third-order valence-corrected chi connectivity index (χ3v) is 2.67. The van der Waals surface area contributed by atoms with Crippen LogP contribution in [0, 0.1) is 20.8 Å². The van der Waals surface area contributed by atoms with Gasteiger partial charge in [0, 0.05) is 5.75 Å². The van der Waals surface area contributed by atoms with Crippen molar-refractivity contribution in [2.45, 2.75) is 26.5 Å². The topological polar surface area (TPSA) is 20.2 Å². The Morgan fingerprint density at radius 3 is 2.33 bits per heavy atom. The fraction of sp³-hybridized carbons (Fsp3) is 0.400. The molecule has 0 bridgehead atoms. The van der Waals surface area contributed by atoms with Crippen molar-refractivity contribution in [3.8, 4) is 5.75 Å². The number of aromatic hydroxyl groups is 1. The van der Waals surface area contributed by atoms with Crippen molar-refractivity contribution in [3.05, 3.63) is 28.3 Å². The summed E-state index contributed by atoms with van der Waals surface area (Å²) >= 11 is 4.23. The molecular weight excluding hydrogens is 168 g/mol. The second-order valence-corrected chi connectivity index (χ2v) is 3.43. The van der Waals surface area contributed by atoms with Crippen LogP contribution in [0.25, 0.3) is 0 Å². The van der Waals surface area contributed by atoms with E-state index in [-0.39, 0.29) is 0 Å². The predicted molar refractivity (Wildman–Crippen MR) is 55.0 cm³/mol. The van der Waals surface area contributed by atoms with E-state index in [4.69, 9.17) is 0 Å². The minimum atomic E-state index is 0.415. The van der Waals surface area contributed by atoms with Crippen LogP contribution in [0.1, 0.15) is 22.3 Å². The molecule has 0 saturated carbocycles. The zero-order chi connectivity index (χ0) is 9.30. The van der Waals surface area contributed by atoms with Gasteiger partial charge in [-0.15, -0.1) is 0 Å². The van der Waals surface area contributed by atoms with Crippen LogP contribution >= 0.6 is 12.6 Å². The van der Waals surface area contributed by atoms with Gasteiger partial charge in [-0.25, -0.2) is 0 Å². The predicted octanol–water partition coefficient (Wildman–Crippen LogP) is 2.75. The first-order valence-corrected chi connectivity index (χ1v) is 4.60. The van der Waals surface area contributed by atoms with E-state index in [1.165, 1.54) is 5.56 Å². The highest BCUT2D eigenvalue weighted by Crippen LogP contribution is 2.27. The summed E-state index contributed by atoms with van der Waals surface area (Å²) in [5.74, 6) is 1.14. The van der Waals surface area contributed by atoms with Crippen LogP contribution in [0.15, 0.2) is 6.07 Å². The minimum Gasteiger partial charge on any atom is -0.507 e. The maximum Gasteiger partial charge on any atom is 0.121 e. The van der Waals surface area contributed by atoms with E-state index in [0.29, 0.717) is 5.75 Å². The Morgan fingerprint density at radius 2 is 1.83 bits per heavy atom. The normalized spacial score (nSPS) is 10.3. The Morgan fingerprint density at radius 1 is 1.25 bits per heavy atom. The Bertz CT molecular complexity index is 305. The molecule has 1 nitrogen and oxygen atoms in total. The van der Waals surface area contributed by atoms with Gasteiger partial charge in [0.25, 0.3) is 0 Å². The Kier molecular flexibility index (Phi) is 2.68. The van der Waals surface area contributed by atoms with Crippen molar-refractivity contribution in [2.24, 2.45) is 0 Å². The summed E-state index contributed by atoms with van der Waals surface area (Å²) in [5, 5.41) is 9.58. The molecule has 0 radical (unpaired) electrons. The minimum absolute atomic E-state index is 0.415. The Balaban J connectivity index is 3.39. The number of hydrogen-bond donors (Lipinski definition) is 2. The third-order valence-electron chi connectivity index (χ3n) is 2.33. The van der Waals surface area contributed by atoms with Crippen LogP contribution in [0.3, 0.4) is 0 Å². The molecule has 0 fully saturated rings. The largest absolute Gasteiger partial charge is 0.507 e. The van der Waals surface area contributed by atoms with Crippen molar-refractivity contribution in [1.82, 2.24) is 0 Å². The lowest BCUT2D eigenvalue weighted by Gasteiger charge is -2.10. The lowest BCUT2D eigenvalue weighted by Crippen LogP contribution is -1.92. The highest BCUT2D eigenvalue weighted by molar-refractivity contribution is 7.79. The average molecular weight is 182 g/mol. The summed E-state index contributed by atoms with van der Waals surface area (Å²) in [5.41, 5.74) is 4.25. The fourth-order valence-electron chi connectivity index (χ4n) is 1.32. The molecular formula is C10H14OS. The summed E-state index contributed by atoms with van der Waals surface area (Å²) < 4.78 is 0. The molecule has 0 amide bonds. The van der Waals surface area contributed by atoms with E-state index in [2.05, 4.69) is 12.6 Å². The molecule has 1 rings (SSSR count). The highest BCUT2D eigenvalue weighted by atomic mass is 32.1. The number of benzene rings is 1. The van der Waals surface area contributed by atoms with Gasteiger partial charge in [0.2, 0.25) is 0 Å². The molecule has 0 spiro atoms. The molecule has 0 atom stereocenters. The van der Waals surface area contributed by atoms with Gasteiger partial charge in [-0.05, 0) is 43.0 Å². The zero-order valence-corrected chi connectivity index (χ0v) is 8.57. The van der Waals surface area contributed by atoms with E-state index in [0.717, 1.165) is 22.4 Å². The first-order chi connectivity index (χ1) is 5.57. The van der Waals surface area contributed by atoms with Gasteiger partial charge in [-0.1, -0.05) is 6.07 Å². The Labute approximate surface area is 78.8 Å². The van der Waals surface area contributed by atoms with Crippen molar-refractivity contribution in [3.63, 3.8) is 0 Å². The molecule has 0 aliphatic heterocycles. The molecule has 0 heterocycles. The van der Waals surface area contributed by atoms with Crippen LogP contribution in [0.5, 0.6) is 5.75 Å². The number of hydrogen-bond acceptors (Lipinski definition) is 2. The van der Waals surface area contributed by atoms with Crippen molar-refractivity contribution in [1.29, 1.82) is 0 Å². The zero-order valence-electron chi connectivity index (χ0n) is 7.68. The van der Waals surface area contributed by atoms with Crippen molar-refractivity contribution < 1.29 is 5.11 Å². The molecule has 0 aromatic heterocycles. The molecule has 1 aromatic rings. The van der Waals surface area contributed by atoms with Crippen LogP contribution < -0.4 is 0 Å². The summed E-state index contributed by atoms with van der Waals surface area (Å²) in [7, 11) is 0. The van der Waals surface area contributed by atoms with Gasteiger partial charge >= 0.3 is 0 Å². The smallest absolute Gasteiger partial charge is 0.121 e. The molecule has 0 aliphatic carbocycles. The maximum absolute atomic E-state index is 9.58. The number of aryl methyl sites for hydroxylation is 1. The van der Waals surface area contributed by atoms with Crippen molar-refractivity contribution in [2.75, 3.05) is 0 Å². The maximum atomic E-state index is 9.58. The second kappa shape index (κ2) is 3.40. The van der Waals surface area contributed by atoms with Gasteiger partial charge < -0.3 is 5.11 Å². The van der Waals surface area contributed by atoms with Gasteiger partial charge in [-0.2, -0.15) is 12.6 Å². The molecule has 0 saturated heterocycles. The summed E-state index contributed by atoms with van der Waals surface area (Å²) in [4.78, 5) is 0. The first-order valence-electron chi connectivity index (χ1n) is 3.97. The van der Waals surface area contributed by atoms with Crippen LogP contribution in [0.4, 0.5) is 0 Å². The van der Waals surface area contributed by atoms with Crippen LogP contribution in [-0.4, -0.2) is 5.11 Å².